The molecule has 0 saturated heterocycles. The molecular formula is C16H24N2O2. The molecular weight excluding hydrogens is 252 g/mol. The Balaban J connectivity index is 2.40. The first kappa shape index (κ1) is 15.0. The van der Waals surface area contributed by atoms with Gasteiger partial charge in [0.05, 0.1) is 12.6 Å². The van der Waals surface area contributed by atoms with Crippen LogP contribution in [0, 0.1) is 0 Å². The first-order valence-corrected chi connectivity index (χ1v) is 7.33. The van der Waals surface area contributed by atoms with Crippen LogP contribution in [0.1, 0.15) is 49.0 Å². The Morgan fingerprint density at radius 2 is 1.90 bits per heavy atom. The number of rotatable bonds is 4. The standard InChI is InChI=1S/C16H24N2O2/c1-18(2)16(10-6-4-5-7-11-16)15(19)14-13(20-3)9-8-12-17-14/h8-9,12H,4-7,10-11H2,1-3H3. The van der Waals surface area contributed by atoms with Gasteiger partial charge in [0.1, 0.15) is 11.4 Å². The molecule has 1 fully saturated rings. The molecule has 1 aromatic heterocycles. The highest BCUT2D eigenvalue weighted by Gasteiger charge is 2.42. The van der Waals surface area contributed by atoms with Gasteiger partial charge in [-0.05, 0) is 39.1 Å². The fourth-order valence-electron chi connectivity index (χ4n) is 3.14. The molecule has 0 N–H and O–H groups in total. The minimum Gasteiger partial charge on any atom is -0.494 e. The molecule has 1 saturated carbocycles. The third-order valence-electron chi connectivity index (χ3n) is 4.42. The maximum atomic E-state index is 13.1. The van der Waals surface area contributed by atoms with Crippen molar-refractivity contribution in [2.45, 2.75) is 44.1 Å². The van der Waals surface area contributed by atoms with E-state index >= 15 is 0 Å². The normalized spacial score (nSPS) is 18.6. The van der Waals surface area contributed by atoms with Crippen molar-refractivity contribution < 1.29 is 9.53 Å². The molecule has 1 aliphatic carbocycles. The molecule has 0 bridgehead atoms. The molecule has 0 atom stereocenters. The van der Waals surface area contributed by atoms with Gasteiger partial charge < -0.3 is 4.74 Å². The minimum atomic E-state index is -0.432. The second-order valence-electron chi connectivity index (χ2n) is 5.72. The molecule has 0 aliphatic heterocycles. The summed E-state index contributed by atoms with van der Waals surface area (Å²) in [5.74, 6) is 0.671. The summed E-state index contributed by atoms with van der Waals surface area (Å²) in [6.07, 6.45) is 8.08. The van der Waals surface area contributed by atoms with Crippen molar-refractivity contribution in [1.29, 1.82) is 0 Å². The van der Waals surface area contributed by atoms with Gasteiger partial charge in [-0.2, -0.15) is 0 Å². The Morgan fingerprint density at radius 1 is 1.25 bits per heavy atom. The SMILES string of the molecule is COc1cccnc1C(=O)C1(N(C)C)CCCCCC1. The van der Waals surface area contributed by atoms with Crippen molar-refractivity contribution in [2.24, 2.45) is 0 Å². The van der Waals surface area contributed by atoms with Crippen molar-refractivity contribution in [3.8, 4) is 5.75 Å². The average Bonchev–Trinajstić information content (AvgIpc) is 2.73. The van der Waals surface area contributed by atoms with Crippen LogP contribution in [0.5, 0.6) is 5.75 Å². The quantitative estimate of drug-likeness (QED) is 0.626. The number of hydrogen-bond acceptors (Lipinski definition) is 4. The van der Waals surface area contributed by atoms with Crippen LogP contribution < -0.4 is 4.74 Å². The molecule has 0 spiro atoms. The van der Waals surface area contributed by atoms with Gasteiger partial charge in [0.15, 0.2) is 0 Å². The number of hydrogen-bond donors (Lipinski definition) is 0. The Morgan fingerprint density at radius 3 is 2.45 bits per heavy atom. The number of likely N-dealkylation sites (N-methyl/N-ethyl adjacent to an activating group) is 1. The predicted molar refractivity (Wildman–Crippen MR) is 79.2 cm³/mol. The minimum absolute atomic E-state index is 0.0989. The number of ketones is 1. The number of methoxy groups -OCH3 is 1. The highest BCUT2D eigenvalue weighted by atomic mass is 16.5. The van der Waals surface area contributed by atoms with Gasteiger partial charge in [0.25, 0.3) is 0 Å². The monoisotopic (exact) mass is 276 g/mol. The van der Waals surface area contributed by atoms with E-state index in [1.165, 1.54) is 12.8 Å². The van der Waals surface area contributed by atoms with Crippen LogP contribution in [0.3, 0.4) is 0 Å². The smallest absolute Gasteiger partial charge is 0.205 e. The third-order valence-corrected chi connectivity index (χ3v) is 4.42. The Labute approximate surface area is 121 Å². The summed E-state index contributed by atoms with van der Waals surface area (Å²) in [4.78, 5) is 19.5. The van der Waals surface area contributed by atoms with E-state index in [4.69, 9.17) is 4.74 Å². The van der Waals surface area contributed by atoms with Crippen LogP contribution >= 0.6 is 0 Å². The zero-order chi connectivity index (χ0) is 14.6. The average molecular weight is 276 g/mol. The van der Waals surface area contributed by atoms with Gasteiger partial charge in [0, 0.05) is 6.20 Å². The van der Waals surface area contributed by atoms with Crippen LogP contribution in [0.4, 0.5) is 0 Å². The van der Waals surface area contributed by atoms with Crippen LogP contribution in [-0.4, -0.2) is 42.4 Å². The number of aromatic nitrogens is 1. The summed E-state index contributed by atoms with van der Waals surface area (Å²) in [5.41, 5.74) is 0.0311. The number of carbonyl (C=O) groups is 1. The topological polar surface area (TPSA) is 42.4 Å². The molecule has 20 heavy (non-hydrogen) atoms. The zero-order valence-electron chi connectivity index (χ0n) is 12.7. The number of pyridine rings is 1. The fourth-order valence-corrected chi connectivity index (χ4v) is 3.14. The lowest BCUT2D eigenvalue weighted by atomic mass is 9.82. The van der Waals surface area contributed by atoms with E-state index < -0.39 is 5.54 Å². The molecule has 1 aromatic rings. The molecule has 1 aliphatic rings. The molecule has 110 valence electrons. The van der Waals surface area contributed by atoms with Crippen molar-refractivity contribution in [2.75, 3.05) is 21.2 Å². The zero-order valence-corrected chi connectivity index (χ0v) is 12.7. The summed E-state index contributed by atoms with van der Waals surface area (Å²) in [7, 11) is 5.58. The molecule has 4 nitrogen and oxygen atoms in total. The Kier molecular flexibility index (Phi) is 4.76. The van der Waals surface area contributed by atoms with E-state index in [0.717, 1.165) is 25.7 Å². The molecule has 1 heterocycles. The number of Topliss-reactive ketones (excluding diaryl/α,β-unsaturated/α-hetero) is 1. The summed E-state index contributed by atoms with van der Waals surface area (Å²) in [5, 5.41) is 0. The molecule has 0 aromatic carbocycles. The van der Waals surface area contributed by atoms with E-state index in [2.05, 4.69) is 9.88 Å². The van der Waals surface area contributed by atoms with Crippen LogP contribution in [-0.2, 0) is 0 Å². The maximum Gasteiger partial charge on any atom is 0.205 e. The van der Waals surface area contributed by atoms with E-state index in [9.17, 15) is 4.79 Å². The fraction of sp³-hybridized carbons (Fsp3) is 0.625. The first-order valence-electron chi connectivity index (χ1n) is 7.33. The highest BCUT2D eigenvalue weighted by molar-refractivity contribution is 6.03. The Hall–Kier alpha value is -1.42. The lowest BCUT2D eigenvalue weighted by Gasteiger charge is -2.37. The lowest BCUT2D eigenvalue weighted by Crippen LogP contribution is -2.51. The van der Waals surface area contributed by atoms with Gasteiger partial charge in [-0.25, -0.2) is 4.98 Å². The van der Waals surface area contributed by atoms with Crippen molar-refractivity contribution in [3.63, 3.8) is 0 Å². The van der Waals surface area contributed by atoms with E-state index in [1.54, 1.807) is 25.4 Å². The second-order valence-corrected chi connectivity index (χ2v) is 5.72. The van der Waals surface area contributed by atoms with Crippen LogP contribution in [0.2, 0.25) is 0 Å². The van der Waals surface area contributed by atoms with E-state index in [0.29, 0.717) is 11.4 Å². The summed E-state index contributed by atoms with van der Waals surface area (Å²) < 4.78 is 5.31. The molecule has 4 heteroatoms. The number of carbonyl (C=O) groups excluding carboxylic acids is 1. The molecule has 0 amide bonds. The van der Waals surface area contributed by atoms with Crippen molar-refractivity contribution >= 4 is 5.78 Å². The summed E-state index contributed by atoms with van der Waals surface area (Å²) in [6.45, 7) is 0. The first-order chi connectivity index (χ1) is 9.62. The van der Waals surface area contributed by atoms with E-state index in [-0.39, 0.29) is 5.78 Å². The van der Waals surface area contributed by atoms with Crippen LogP contribution in [0.25, 0.3) is 0 Å². The van der Waals surface area contributed by atoms with Crippen LogP contribution in [0.15, 0.2) is 18.3 Å². The predicted octanol–water partition coefficient (Wildman–Crippen LogP) is 2.93. The summed E-state index contributed by atoms with van der Waals surface area (Å²) >= 11 is 0. The van der Waals surface area contributed by atoms with Gasteiger partial charge in [-0.1, -0.05) is 25.7 Å². The largest absolute Gasteiger partial charge is 0.494 e. The van der Waals surface area contributed by atoms with Crippen molar-refractivity contribution in [1.82, 2.24) is 9.88 Å². The van der Waals surface area contributed by atoms with Gasteiger partial charge in [-0.3, -0.25) is 9.69 Å². The molecule has 0 unspecified atom stereocenters. The molecule has 2 rings (SSSR count). The number of ether oxygens (including phenoxy) is 1. The molecule has 0 radical (unpaired) electrons. The lowest BCUT2D eigenvalue weighted by molar-refractivity contribution is 0.0626. The maximum absolute atomic E-state index is 13.1. The van der Waals surface area contributed by atoms with Gasteiger partial charge in [-0.15, -0.1) is 0 Å². The number of nitrogens with zero attached hydrogens (tertiary/aromatic N) is 2. The summed E-state index contributed by atoms with van der Waals surface area (Å²) in [6, 6.07) is 3.60. The van der Waals surface area contributed by atoms with Crippen molar-refractivity contribution in [3.05, 3.63) is 24.0 Å². The van der Waals surface area contributed by atoms with Gasteiger partial charge in [0.2, 0.25) is 5.78 Å². The van der Waals surface area contributed by atoms with Gasteiger partial charge >= 0.3 is 0 Å². The second kappa shape index (κ2) is 6.35. The highest BCUT2D eigenvalue weighted by Crippen LogP contribution is 2.35. The Bertz CT molecular complexity index is 463. The third kappa shape index (κ3) is 2.70. The van der Waals surface area contributed by atoms with E-state index in [1.807, 2.05) is 14.1 Å².